The molecule has 0 radical (unpaired) electrons. The van der Waals surface area contributed by atoms with E-state index < -0.39 is 0 Å². The second-order valence-corrected chi connectivity index (χ2v) is 6.09. The first-order valence-corrected chi connectivity index (χ1v) is 7.17. The van der Waals surface area contributed by atoms with Crippen molar-refractivity contribution in [2.75, 3.05) is 27.2 Å². The number of rotatable bonds is 6. The molecule has 0 bridgehead atoms. The summed E-state index contributed by atoms with van der Waals surface area (Å²) in [7, 11) is 4.17. The number of nitrogens with one attached hydrogen (secondary N) is 2. The first kappa shape index (κ1) is 15.4. The summed E-state index contributed by atoms with van der Waals surface area (Å²) >= 11 is 0. The summed E-state index contributed by atoms with van der Waals surface area (Å²) in [4.78, 5) is 14.1. The monoisotopic (exact) mass is 255 g/mol. The lowest BCUT2D eigenvalue weighted by molar-refractivity contribution is -0.123. The van der Waals surface area contributed by atoms with E-state index in [2.05, 4.69) is 43.5 Å². The molecule has 4 nitrogen and oxygen atoms in total. The molecule has 1 aliphatic heterocycles. The molecule has 1 fully saturated rings. The highest BCUT2D eigenvalue weighted by molar-refractivity contribution is 5.81. The van der Waals surface area contributed by atoms with Crippen LogP contribution in [0.1, 0.15) is 39.5 Å². The van der Waals surface area contributed by atoms with Gasteiger partial charge in [0.25, 0.3) is 0 Å². The molecular formula is C14H29N3O. The molecule has 1 saturated heterocycles. The fourth-order valence-corrected chi connectivity index (χ4v) is 2.59. The van der Waals surface area contributed by atoms with E-state index >= 15 is 0 Å². The fraction of sp³-hybridized carbons (Fsp3) is 0.929. The summed E-state index contributed by atoms with van der Waals surface area (Å²) in [6.45, 7) is 6.29. The van der Waals surface area contributed by atoms with Gasteiger partial charge in [-0.2, -0.15) is 0 Å². The molecule has 1 heterocycles. The predicted molar refractivity (Wildman–Crippen MR) is 75.6 cm³/mol. The molecule has 2 N–H and O–H groups in total. The average Bonchev–Trinajstić information content (AvgIpc) is 2.42. The molecule has 1 aliphatic rings. The second-order valence-electron chi connectivity index (χ2n) is 6.09. The van der Waals surface area contributed by atoms with Gasteiger partial charge in [0.15, 0.2) is 0 Å². The quantitative estimate of drug-likeness (QED) is 0.750. The maximum atomic E-state index is 11.9. The van der Waals surface area contributed by atoms with Crippen LogP contribution in [0.3, 0.4) is 0 Å². The zero-order valence-corrected chi connectivity index (χ0v) is 12.3. The van der Waals surface area contributed by atoms with Gasteiger partial charge in [-0.25, -0.2) is 0 Å². The summed E-state index contributed by atoms with van der Waals surface area (Å²) in [5.41, 5.74) is 0. The van der Waals surface area contributed by atoms with E-state index in [1.54, 1.807) is 0 Å². The number of hydrogen-bond acceptors (Lipinski definition) is 3. The van der Waals surface area contributed by atoms with Gasteiger partial charge in [-0.1, -0.05) is 13.8 Å². The van der Waals surface area contributed by atoms with Crippen molar-refractivity contribution in [1.29, 1.82) is 0 Å². The maximum Gasteiger partial charge on any atom is 0.237 e. The Morgan fingerprint density at radius 1 is 1.39 bits per heavy atom. The van der Waals surface area contributed by atoms with Gasteiger partial charge in [0.05, 0.1) is 6.04 Å². The highest BCUT2D eigenvalue weighted by Gasteiger charge is 2.24. The SMILES string of the molecule is CC(C)CC(CN(C)C)NC1CCCCNC1=O. The van der Waals surface area contributed by atoms with E-state index in [4.69, 9.17) is 0 Å². The number of carbonyl (C=O) groups is 1. The van der Waals surface area contributed by atoms with Crippen LogP contribution in [-0.2, 0) is 4.79 Å². The van der Waals surface area contributed by atoms with Crippen molar-refractivity contribution in [3.8, 4) is 0 Å². The summed E-state index contributed by atoms with van der Waals surface area (Å²) < 4.78 is 0. The number of hydrogen-bond donors (Lipinski definition) is 2. The summed E-state index contributed by atoms with van der Waals surface area (Å²) in [5, 5.41) is 6.55. The average molecular weight is 255 g/mol. The van der Waals surface area contributed by atoms with E-state index in [0.717, 1.165) is 38.8 Å². The first-order valence-electron chi connectivity index (χ1n) is 7.17. The normalized spacial score (nSPS) is 23.0. The van der Waals surface area contributed by atoms with Crippen LogP contribution in [-0.4, -0.2) is 50.1 Å². The largest absolute Gasteiger partial charge is 0.355 e. The highest BCUT2D eigenvalue weighted by Crippen LogP contribution is 2.11. The van der Waals surface area contributed by atoms with Crippen LogP contribution in [0.15, 0.2) is 0 Å². The topological polar surface area (TPSA) is 44.4 Å². The number of amides is 1. The van der Waals surface area contributed by atoms with Crippen LogP contribution >= 0.6 is 0 Å². The van der Waals surface area contributed by atoms with E-state index in [0.29, 0.717) is 12.0 Å². The Hall–Kier alpha value is -0.610. The Labute approximate surface area is 111 Å². The van der Waals surface area contributed by atoms with E-state index in [1.165, 1.54) is 0 Å². The smallest absolute Gasteiger partial charge is 0.237 e. The zero-order chi connectivity index (χ0) is 13.5. The van der Waals surface area contributed by atoms with Crippen LogP contribution in [0.25, 0.3) is 0 Å². The minimum absolute atomic E-state index is 0.00352. The Morgan fingerprint density at radius 3 is 2.72 bits per heavy atom. The third-order valence-electron chi connectivity index (χ3n) is 3.31. The van der Waals surface area contributed by atoms with Gasteiger partial charge in [0, 0.05) is 19.1 Å². The van der Waals surface area contributed by atoms with E-state index in [1.807, 2.05) is 0 Å². The van der Waals surface area contributed by atoms with Crippen molar-refractivity contribution in [1.82, 2.24) is 15.5 Å². The Kier molecular flexibility index (Phi) is 6.65. The molecule has 18 heavy (non-hydrogen) atoms. The van der Waals surface area contributed by atoms with Crippen molar-refractivity contribution >= 4 is 5.91 Å². The molecule has 2 unspecified atom stereocenters. The molecule has 106 valence electrons. The van der Waals surface area contributed by atoms with Gasteiger partial charge in [0.1, 0.15) is 0 Å². The van der Waals surface area contributed by atoms with Crippen LogP contribution in [0.5, 0.6) is 0 Å². The Bertz CT molecular complexity index is 243. The lowest BCUT2D eigenvalue weighted by Crippen LogP contribution is -2.50. The number of nitrogens with zero attached hydrogens (tertiary/aromatic N) is 1. The van der Waals surface area contributed by atoms with E-state index in [-0.39, 0.29) is 11.9 Å². The number of likely N-dealkylation sites (N-methyl/N-ethyl adjacent to an activating group) is 1. The van der Waals surface area contributed by atoms with Gasteiger partial charge in [-0.15, -0.1) is 0 Å². The minimum atomic E-state index is -0.00352. The second kappa shape index (κ2) is 7.74. The summed E-state index contributed by atoms with van der Waals surface area (Å²) in [5.74, 6) is 0.830. The summed E-state index contributed by atoms with van der Waals surface area (Å²) in [6.07, 6.45) is 4.31. The van der Waals surface area contributed by atoms with Crippen molar-refractivity contribution in [3.63, 3.8) is 0 Å². The van der Waals surface area contributed by atoms with Crippen LogP contribution in [0.2, 0.25) is 0 Å². The third-order valence-corrected chi connectivity index (χ3v) is 3.31. The molecule has 4 heteroatoms. The van der Waals surface area contributed by atoms with Gasteiger partial charge in [-0.05, 0) is 45.7 Å². The van der Waals surface area contributed by atoms with Crippen LogP contribution in [0, 0.1) is 5.92 Å². The lowest BCUT2D eigenvalue weighted by atomic mass is 10.0. The molecule has 2 atom stereocenters. The Morgan fingerprint density at radius 2 is 2.11 bits per heavy atom. The first-order chi connectivity index (χ1) is 8.49. The molecule has 0 saturated carbocycles. The standard InChI is InChI=1S/C14H29N3O/c1-11(2)9-12(10-17(3)4)16-13-7-5-6-8-15-14(13)18/h11-13,16H,5-10H2,1-4H3,(H,15,18). The van der Waals surface area contributed by atoms with Crippen molar-refractivity contribution in [3.05, 3.63) is 0 Å². The zero-order valence-electron chi connectivity index (χ0n) is 12.3. The molecule has 0 aromatic rings. The van der Waals surface area contributed by atoms with E-state index in [9.17, 15) is 4.79 Å². The molecular weight excluding hydrogens is 226 g/mol. The van der Waals surface area contributed by atoms with Crippen molar-refractivity contribution in [2.24, 2.45) is 5.92 Å². The van der Waals surface area contributed by atoms with Gasteiger partial charge >= 0.3 is 0 Å². The third kappa shape index (κ3) is 5.83. The van der Waals surface area contributed by atoms with Crippen LogP contribution < -0.4 is 10.6 Å². The van der Waals surface area contributed by atoms with Crippen molar-refractivity contribution < 1.29 is 4.79 Å². The summed E-state index contributed by atoms with van der Waals surface area (Å²) in [6, 6.07) is 0.394. The van der Waals surface area contributed by atoms with Gasteiger partial charge in [-0.3, -0.25) is 4.79 Å². The number of carbonyl (C=O) groups excluding carboxylic acids is 1. The van der Waals surface area contributed by atoms with Gasteiger partial charge < -0.3 is 15.5 Å². The minimum Gasteiger partial charge on any atom is -0.355 e. The lowest BCUT2D eigenvalue weighted by Gasteiger charge is -2.27. The highest BCUT2D eigenvalue weighted by atomic mass is 16.2. The Balaban J connectivity index is 2.53. The molecule has 0 spiro atoms. The van der Waals surface area contributed by atoms with Crippen LogP contribution in [0.4, 0.5) is 0 Å². The molecule has 1 rings (SSSR count). The molecule has 1 amide bonds. The van der Waals surface area contributed by atoms with Gasteiger partial charge in [0.2, 0.25) is 5.91 Å². The van der Waals surface area contributed by atoms with Crippen molar-refractivity contribution in [2.45, 2.75) is 51.6 Å². The molecule has 0 aliphatic carbocycles. The molecule has 0 aromatic heterocycles. The molecule has 0 aromatic carbocycles. The maximum absolute atomic E-state index is 11.9. The fourth-order valence-electron chi connectivity index (χ4n) is 2.59. The predicted octanol–water partition coefficient (Wildman–Crippen LogP) is 1.22.